The van der Waals surface area contributed by atoms with Crippen LogP contribution in [-0.2, 0) is 18.8 Å². The number of halogens is 2. The zero-order chi connectivity index (χ0) is 22.1. The van der Waals surface area contributed by atoms with Gasteiger partial charge in [0.2, 0.25) is 0 Å². The molecule has 3 rings (SSSR count). The molecule has 0 radical (unpaired) electrons. The van der Waals surface area contributed by atoms with Gasteiger partial charge in [-0.05, 0) is 24.2 Å². The summed E-state index contributed by atoms with van der Waals surface area (Å²) in [7, 11) is 0. The van der Waals surface area contributed by atoms with Crippen molar-refractivity contribution < 1.29 is 18.6 Å². The molecule has 2 atom stereocenters. The Morgan fingerprint density at radius 1 is 1.43 bits per heavy atom. The van der Waals surface area contributed by atoms with E-state index in [4.69, 9.17) is 0 Å². The number of nitriles is 1. The number of pyridine rings is 1. The average Bonchev–Trinajstić information content (AvgIpc) is 2.68. The number of aryl methyl sites for hydroxylation is 2. The Balaban J connectivity index is 1.79. The second-order valence-electron chi connectivity index (χ2n) is 8.43. The molecule has 2 heterocycles. The molecule has 2 aromatic rings. The Morgan fingerprint density at radius 2 is 2.17 bits per heavy atom. The predicted molar refractivity (Wildman–Crippen MR) is 106 cm³/mol. The summed E-state index contributed by atoms with van der Waals surface area (Å²) in [4.78, 5) is 8.60. The van der Waals surface area contributed by atoms with E-state index in [2.05, 4.69) is 21.4 Å². The minimum Gasteiger partial charge on any atom is -0.619 e. The number of aliphatic hydroxyl groups is 1. The first-order valence-electron chi connectivity index (χ1n) is 9.79. The highest BCUT2D eigenvalue weighted by Crippen LogP contribution is 2.47. The molecule has 1 fully saturated rings. The van der Waals surface area contributed by atoms with Crippen molar-refractivity contribution in [2.75, 3.05) is 11.9 Å². The first kappa shape index (κ1) is 21.8. The van der Waals surface area contributed by atoms with E-state index >= 15 is 0 Å². The van der Waals surface area contributed by atoms with Crippen LogP contribution in [-0.4, -0.2) is 27.7 Å². The molecule has 0 unspecified atom stereocenters. The van der Waals surface area contributed by atoms with E-state index in [1.54, 1.807) is 0 Å². The number of aliphatic hydroxyl groups excluding tert-OH is 1. The van der Waals surface area contributed by atoms with E-state index < -0.39 is 5.92 Å². The van der Waals surface area contributed by atoms with Crippen molar-refractivity contribution in [1.29, 1.82) is 5.26 Å². The third-order valence-electron chi connectivity index (χ3n) is 6.07. The number of nitrogens with one attached hydrogen (secondary N) is 1. The summed E-state index contributed by atoms with van der Waals surface area (Å²) in [5.41, 5.74) is 0.168. The van der Waals surface area contributed by atoms with E-state index in [1.807, 2.05) is 13.8 Å². The van der Waals surface area contributed by atoms with Crippen LogP contribution in [0.1, 0.15) is 49.7 Å². The Hall–Kier alpha value is -2.86. The Labute approximate surface area is 174 Å². The molecule has 2 aromatic heterocycles. The number of anilines is 1. The van der Waals surface area contributed by atoms with Gasteiger partial charge in [0.15, 0.2) is 12.4 Å². The molecule has 0 aliphatic heterocycles. The van der Waals surface area contributed by atoms with Crippen molar-refractivity contribution in [2.45, 2.75) is 52.0 Å². The summed E-state index contributed by atoms with van der Waals surface area (Å²) < 4.78 is 28.2. The smallest absolute Gasteiger partial charge is 0.271 e. The summed E-state index contributed by atoms with van der Waals surface area (Å²) in [6.07, 6.45) is 4.76. The third kappa shape index (κ3) is 4.33. The van der Waals surface area contributed by atoms with Crippen LogP contribution in [0.2, 0.25) is 0 Å². The molecule has 0 aromatic carbocycles. The van der Waals surface area contributed by atoms with Gasteiger partial charge in [-0.2, -0.15) is 9.99 Å². The molecule has 1 aliphatic rings. The van der Waals surface area contributed by atoms with E-state index in [1.165, 1.54) is 6.20 Å². The van der Waals surface area contributed by atoms with Gasteiger partial charge < -0.3 is 15.6 Å². The molecule has 0 spiro atoms. The highest BCUT2D eigenvalue weighted by Gasteiger charge is 2.47. The predicted octanol–water partition coefficient (Wildman–Crippen LogP) is 2.70. The number of aromatic nitrogens is 3. The lowest BCUT2D eigenvalue weighted by molar-refractivity contribution is -0.606. The maximum atomic E-state index is 13.9. The van der Waals surface area contributed by atoms with Crippen molar-refractivity contribution in [3.8, 4) is 6.07 Å². The fourth-order valence-corrected chi connectivity index (χ4v) is 3.86. The number of nitrogens with zero attached hydrogens (tertiary/aromatic N) is 4. The van der Waals surface area contributed by atoms with Crippen molar-refractivity contribution in [2.24, 2.45) is 11.3 Å². The van der Waals surface area contributed by atoms with Gasteiger partial charge in [0, 0.05) is 43.2 Å². The maximum absolute atomic E-state index is 13.9. The molecule has 9 heteroatoms. The zero-order valence-corrected chi connectivity index (χ0v) is 17.2. The number of rotatable bonds is 7. The van der Waals surface area contributed by atoms with Crippen molar-refractivity contribution >= 4 is 5.82 Å². The van der Waals surface area contributed by atoms with Crippen molar-refractivity contribution in [3.05, 3.63) is 52.4 Å². The average molecular weight is 417 g/mol. The molecule has 0 amide bonds. The second-order valence-corrected chi connectivity index (χ2v) is 8.43. The fourth-order valence-electron chi connectivity index (χ4n) is 3.86. The topological polar surface area (TPSA) is 109 Å². The van der Waals surface area contributed by atoms with Crippen molar-refractivity contribution in [3.63, 3.8) is 0 Å². The summed E-state index contributed by atoms with van der Waals surface area (Å²) >= 11 is 0. The second kappa shape index (κ2) is 8.11. The minimum absolute atomic E-state index is 0.0448. The summed E-state index contributed by atoms with van der Waals surface area (Å²) in [6.45, 7) is 4.99. The van der Waals surface area contributed by atoms with Crippen LogP contribution < -0.4 is 10.0 Å². The maximum Gasteiger partial charge on any atom is 0.271 e. The molecular weight excluding hydrogens is 392 g/mol. The molecule has 1 saturated carbocycles. The van der Waals surface area contributed by atoms with E-state index in [9.17, 15) is 24.4 Å². The quantitative estimate of drug-likeness (QED) is 0.530. The van der Waals surface area contributed by atoms with Crippen molar-refractivity contribution in [1.82, 2.24) is 9.97 Å². The number of hydrogen-bond acceptors (Lipinski definition) is 6. The van der Waals surface area contributed by atoms with Crippen LogP contribution in [0.25, 0.3) is 0 Å². The lowest BCUT2D eigenvalue weighted by Gasteiger charge is -2.52. The van der Waals surface area contributed by atoms with Gasteiger partial charge in [0.25, 0.3) is 5.92 Å². The van der Waals surface area contributed by atoms with Gasteiger partial charge in [-0.15, -0.1) is 0 Å². The monoisotopic (exact) mass is 417 g/mol. The lowest BCUT2D eigenvalue weighted by atomic mass is 9.59. The standard InChI is InChI=1S/C21H25F2N5O2/c1-20(2)15(12-29)8-17(20)26-19-14(9-24)10-25-18(27-19)5-4-13-11-28(30)7-6-16(13)21(3,22)23/h6-7,10-11,15,17,29H,4-5,8,12H2,1-3H3,(H,25,26,27)/t15-,17-/m0/s1. The van der Waals surface area contributed by atoms with E-state index in [-0.39, 0.29) is 48.0 Å². The molecule has 7 nitrogen and oxygen atoms in total. The van der Waals surface area contributed by atoms with Gasteiger partial charge in [0.1, 0.15) is 23.3 Å². The van der Waals surface area contributed by atoms with Crippen LogP contribution in [0.5, 0.6) is 0 Å². The molecule has 30 heavy (non-hydrogen) atoms. The summed E-state index contributed by atoms with van der Waals surface area (Å²) in [6, 6.07) is 3.23. The van der Waals surface area contributed by atoms with Crippen LogP contribution >= 0.6 is 0 Å². The summed E-state index contributed by atoms with van der Waals surface area (Å²) in [5.74, 6) is -2.11. The molecule has 0 saturated heterocycles. The molecule has 0 bridgehead atoms. The van der Waals surface area contributed by atoms with Crippen LogP contribution in [0.15, 0.2) is 24.7 Å². The highest BCUT2D eigenvalue weighted by molar-refractivity contribution is 5.52. The van der Waals surface area contributed by atoms with Crippen LogP contribution in [0.4, 0.5) is 14.6 Å². The van der Waals surface area contributed by atoms with Gasteiger partial charge >= 0.3 is 0 Å². The van der Waals surface area contributed by atoms with Gasteiger partial charge in [-0.3, -0.25) is 0 Å². The lowest BCUT2D eigenvalue weighted by Crippen LogP contribution is -2.54. The largest absolute Gasteiger partial charge is 0.619 e. The number of alkyl halides is 2. The van der Waals surface area contributed by atoms with E-state index in [0.717, 1.165) is 31.8 Å². The molecular formula is C21H25F2N5O2. The first-order valence-corrected chi connectivity index (χ1v) is 9.79. The van der Waals surface area contributed by atoms with Crippen LogP contribution in [0.3, 0.4) is 0 Å². The zero-order valence-electron chi connectivity index (χ0n) is 17.2. The SMILES string of the molecule is CC(F)(F)c1cc[n+]([O-])cc1CCc1ncc(C#N)c(N[C@H]2C[C@@H](CO)C2(C)C)n1. The molecule has 1 aliphatic carbocycles. The van der Waals surface area contributed by atoms with Gasteiger partial charge in [0.05, 0.1) is 6.20 Å². The first-order chi connectivity index (χ1) is 14.1. The fraction of sp³-hybridized carbons (Fsp3) is 0.524. The number of hydrogen-bond donors (Lipinski definition) is 2. The van der Waals surface area contributed by atoms with Gasteiger partial charge in [-0.25, -0.2) is 18.7 Å². The highest BCUT2D eigenvalue weighted by atomic mass is 19.3. The Bertz CT molecular complexity index is 969. The Morgan fingerprint density at radius 3 is 2.77 bits per heavy atom. The Kier molecular flexibility index (Phi) is 5.90. The minimum atomic E-state index is -3.07. The van der Waals surface area contributed by atoms with E-state index in [0.29, 0.717) is 21.9 Å². The molecule has 2 N–H and O–H groups in total. The van der Waals surface area contributed by atoms with Crippen LogP contribution in [0, 0.1) is 27.9 Å². The summed E-state index contributed by atoms with van der Waals surface area (Å²) in [5, 5.41) is 33.7. The molecule has 160 valence electrons. The third-order valence-corrected chi connectivity index (χ3v) is 6.07. The van der Waals surface area contributed by atoms with Gasteiger partial charge in [-0.1, -0.05) is 13.8 Å². The normalized spacial score (nSPS) is 20.3.